The van der Waals surface area contributed by atoms with Crippen molar-refractivity contribution in [3.05, 3.63) is 76.1 Å². The number of ether oxygens (including phenoxy) is 3. The van der Waals surface area contributed by atoms with E-state index in [0.29, 0.717) is 25.2 Å². The number of allylic oxidation sites excluding steroid dienone is 1. The number of likely N-dealkylation sites (tertiary alicyclic amines) is 1. The zero-order valence-electron chi connectivity index (χ0n) is 31.7. The highest BCUT2D eigenvalue weighted by molar-refractivity contribution is 5.93. The summed E-state index contributed by atoms with van der Waals surface area (Å²) < 4.78 is 17.6. The molecule has 0 radical (unpaired) electrons. The lowest BCUT2D eigenvalue weighted by molar-refractivity contribution is -0.166. The van der Waals surface area contributed by atoms with Gasteiger partial charge in [-0.3, -0.25) is 19.4 Å². The number of likely N-dealkylation sites (N-methyl/N-ethyl adjacent to an activating group) is 1. The van der Waals surface area contributed by atoms with E-state index in [4.69, 9.17) is 14.2 Å². The molecule has 3 N–H and O–H groups in total. The summed E-state index contributed by atoms with van der Waals surface area (Å²) in [6.45, 7) is 6.50. The van der Waals surface area contributed by atoms with E-state index in [1.54, 1.807) is 7.11 Å². The Morgan fingerprint density at radius 3 is 2.58 bits per heavy atom. The second kappa shape index (κ2) is 12.7. The number of rotatable bonds is 5. The number of nitrogens with zero attached hydrogens (tertiary/aromatic N) is 2. The van der Waals surface area contributed by atoms with Gasteiger partial charge in [0.1, 0.15) is 11.2 Å². The van der Waals surface area contributed by atoms with Crippen molar-refractivity contribution >= 4 is 33.7 Å². The van der Waals surface area contributed by atoms with Gasteiger partial charge in [-0.25, -0.2) is 0 Å². The molecule has 4 fully saturated rings. The molecule has 10 unspecified atom stereocenters. The quantitative estimate of drug-likeness (QED) is 0.184. The fourth-order valence-electron chi connectivity index (χ4n) is 12.0. The Labute approximate surface area is 310 Å². The van der Waals surface area contributed by atoms with Crippen molar-refractivity contribution in [2.24, 2.45) is 23.7 Å². The van der Waals surface area contributed by atoms with Crippen molar-refractivity contribution in [3.8, 4) is 5.75 Å². The number of hydrogen-bond donors (Lipinski definition) is 3. The molecule has 10 rings (SSSR count). The van der Waals surface area contributed by atoms with E-state index in [0.717, 1.165) is 77.2 Å². The summed E-state index contributed by atoms with van der Waals surface area (Å²) in [5, 5.41) is 13.3. The number of H-pyrrole nitrogens is 2. The van der Waals surface area contributed by atoms with Crippen molar-refractivity contribution in [2.75, 3.05) is 48.0 Å². The molecule has 10 nitrogen and oxygen atoms in total. The van der Waals surface area contributed by atoms with Crippen LogP contribution in [0.2, 0.25) is 0 Å². The van der Waals surface area contributed by atoms with Gasteiger partial charge in [0.05, 0.1) is 33.4 Å². The molecule has 4 aliphatic heterocycles. The van der Waals surface area contributed by atoms with E-state index < -0.39 is 11.5 Å². The molecule has 2 aliphatic carbocycles. The van der Waals surface area contributed by atoms with Gasteiger partial charge < -0.3 is 29.3 Å². The minimum atomic E-state index is -0.905. The molecule has 6 bridgehead atoms. The summed E-state index contributed by atoms with van der Waals surface area (Å²) in [5.74, 6) is 0.199. The van der Waals surface area contributed by atoms with Crippen molar-refractivity contribution in [1.82, 2.24) is 19.8 Å². The molecule has 53 heavy (non-hydrogen) atoms. The molecule has 6 heterocycles. The topological polar surface area (TPSA) is 120 Å². The van der Waals surface area contributed by atoms with Gasteiger partial charge in [-0.15, -0.1) is 0 Å². The highest BCUT2D eigenvalue weighted by Crippen LogP contribution is 2.56. The van der Waals surface area contributed by atoms with Crippen LogP contribution in [0.3, 0.4) is 0 Å². The number of hydrogen-bond acceptors (Lipinski definition) is 8. The number of methoxy groups -OCH3 is 3. The average Bonchev–Trinajstić information content (AvgIpc) is 3.69. The standard InChI is InChI=1S/C43H52N4O6/c1-7-24-21-46(3)35-17-32-25-10-8-9-11-33(25)44-38(32)31(15-28(24)37(35)41(49)52-5)30-16-34-29(18-36(30)51-4)26-12-13-47-20-23-14-27(22(2)48)40(47)43(19-23,39(26)45-34)42(50)53-6/h7-11,16,18,22-23,27-28,31,35,37,40,44-45,48H,12-15,17,19-21H2,1-6H3/b24-7+. The number of nitrogens with one attached hydrogen (secondary N) is 2. The van der Waals surface area contributed by atoms with Crippen LogP contribution in [0.4, 0.5) is 0 Å². The minimum Gasteiger partial charge on any atom is -0.496 e. The molecular formula is C43H52N4O6. The van der Waals surface area contributed by atoms with Crippen LogP contribution in [0, 0.1) is 23.7 Å². The third-order valence-electron chi connectivity index (χ3n) is 14.2. The van der Waals surface area contributed by atoms with Gasteiger partial charge in [0, 0.05) is 82.3 Å². The van der Waals surface area contributed by atoms with E-state index in [-0.39, 0.29) is 47.7 Å². The first-order valence-corrected chi connectivity index (χ1v) is 19.4. The van der Waals surface area contributed by atoms with Crippen LogP contribution in [-0.4, -0.2) is 103 Å². The van der Waals surface area contributed by atoms with Crippen LogP contribution in [0.15, 0.2) is 48.0 Å². The van der Waals surface area contributed by atoms with E-state index >= 15 is 0 Å². The Hall–Kier alpha value is -4.12. The van der Waals surface area contributed by atoms with Gasteiger partial charge in [0.15, 0.2) is 0 Å². The number of aliphatic hydroxyl groups excluding tert-OH is 1. The molecule has 1 saturated carbocycles. The van der Waals surface area contributed by atoms with Crippen molar-refractivity contribution in [3.63, 3.8) is 0 Å². The fraction of sp³-hybridized carbons (Fsp3) is 0.535. The number of aromatic nitrogens is 2. The van der Waals surface area contributed by atoms with Gasteiger partial charge in [-0.1, -0.05) is 29.8 Å². The second-order valence-electron chi connectivity index (χ2n) is 16.5. The molecule has 10 atom stereocenters. The molecule has 0 spiro atoms. The van der Waals surface area contributed by atoms with Crippen LogP contribution in [0.25, 0.3) is 21.8 Å². The van der Waals surface area contributed by atoms with Crippen LogP contribution in [-0.2, 0) is 37.3 Å². The molecular weight excluding hydrogens is 668 g/mol. The van der Waals surface area contributed by atoms with E-state index in [9.17, 15) is 14.7 Å². The number of piperidine rings is 3. The zero-order valence-corrected chi connectivity index (χ0v) is 31.7. The number of carbonyl (C=O) groups is 2. The summed E-state index contributed by atoms with van der Waals surface area (Å²) >= 11 is 0. The monoisotopic (exact) mass is 720 g/mol. The molecule has 4 aromatic rings. The summed E-state index contributed by atoms with van der Waals surface area (Å²) in [4.78, 5) is 40.5. The SMILES string of the molecule is C/C=C1\CN(C)C2Cc3c([nH]c4ccccc34)C(c3cc4[nH]c5c(c4cc3OC)CCN3CC4CC(C(C)O)C3C5(C(=O)OC)C4)CC1C2C(=O)OC. The Bertz CT molecular complexity index is 2150. The normalized spacial score (nSPS) is 33.5. The number of aromatic amines is 2. The lowest BCUT2D eigenvalue weighted by atomic mass is 9.56. The largest absolute Gasteiger partial charge is 0.496 e. The Balaban J connectivity index is 1.26. The Kier molecular flexibility index (Phi) is 8.33. The van der Waals surface area contributed by atoms with Crippen LogP contribution in [0.1, 0.15) is 67.1 Å². The maximum atomic E-state index is 14.2. The Morgan fingerprint density at radius 1 is 1.04 bits per heavy atom. The van der Waals surface area contributed by atoms with Crippen molar-refractivity contribution in [1.29, 1.82) is 0 Å². The molecule has 0 amide bonds. The van der Waals surface area contributed by atoms with Crippen molar-refractivity contribution in [2.45, 2.75) is 75.5 Å². The first-order chi connectivity index (χ1) is 25.6. The smallest absolute Gasteiger partial charge is 0.319 e. The molecule has 3 saturated heterocycles. The lowest BCUT2D eigenvalue weighted by Gasteiger charge is -2.58. The van der Waals surface area contributed by atoms with Crippen LogP contribution < -0.4 is 4.74 Å². The molecule has 2 aromatic heterocycles. The molecule has 280 valence electrons. The summed E-state index contributed by atoms with van der Waals surface area (Å²) in [6.07, 6.45) is 5.47. The number of esters is 2. The van der Waals surface area contributed by atoms with Crippen LogP contribution >= 0.6 is 0 Å². The lowest BCUT2D eigenvalue weighted by Crippen LogP contribution is -2.68. The predicted octanol–water partition coefficient (Wildman–Crippen LogP) is 5.46. The second-order valence-corrected chi connectivity index (χ2v) is 16.5. The van der Waals surface area contributed by atoms with E-state index in [1.807, 2.05) is 6.92 Å². The molecule has 2 aromatic carbocycles. The van der Waals surface area contributed by atoms with E-state index in [1.165, 1.54) is 30.7 Å². The van der Waals surface area contributed by atoms with Gasteiger partial charge in [-0.05, 0) is 94.2 Å². The highest BCUT2D eigenvalue weighted by atomic mass is 16.5. The van der Waals surface area contributed by atoms with E-state index in [2.05, 4.69) is 76.2 Å². The number of benzene rings is 2. The predicted molar refractivity (Wildman–Crippen MR) is 203 cm³/mol. The number of fused-ring (bicyclic) bond motifs is 9. The number of carbonyl (C=O) groups excluding carboxylic acids is 2. The van der Waals surface area contributed by atoms with Gasteiger partial charge >= 0.3 is 11.9 Å². The summed E-state index contributed by atoms with van der Waals surface area (Å²) in [6, 6.07) is 12.7. The summed E-state index contributed by atoms with van der Waals surface area (Å²) in [5.41, 5.74) is 7.90. The first kappa shape index (κ1) is 34.6. The van der Waals surface area contributed by atoms with Crippen LogP contribution in [0.5, 0.6) is 5.75 Å². The van der Waals surface area contributed by atoms with Gasteiger partial charge in [0.25, 0.3) is 0 Å². The zero-order chi connectivity index (χ0) is 36.9. The van der Waals surface area contributed by atoms with Gasteiger partial charge in [0.2, 0.25) is 0 Å². The average molecular weight is 721 g/mol. The minimum absolute atomic E-state index is 0.0103. The fourth-order valence-corrected chi connectivity index (χ4v) is 12.0. The maximum Gasteiger partial charge on any atom is 0.319 e. The van der Waals surface area contributed by atoms with Gasteiger partial charge in [-0.2, -0.15) is 0 Å². The number of aliphatic hydroxyl groups is 1. The highest BCUT2D eigenvalue weighted by Gasteiger charge is 2.64. The molecule has 10 heteroatoms. The van der Waals surface area contributed by atoms with Crippen molar-refractivity contribution < 1.29 is 28.9 Å². The third kappa shape index (κ3) is 4.94. The Morgan fingerprint density at radius 2 is 1.85 bits per heavy atom. The summed E-state index contributed by atoms with van der Waals surface area (Å²) in [7, 11) is 6.87. The third-order valence-corrected chi connectivity index (χ3v) is 14.2. The maximum absolute atomic E-state index is 14.2. The number of para-hydroxylation sites is 1. The first-order valence-electron chi connectivity index (χ1n) is 19.4. The molecule has 6 aliphatic rings.